The van der Waals surface area contributed by atoms with E-state index in [1.807, 2.05) is 29.6 Å². The van der Waals surface area contributed by atoms with Crippen molar-refractivity contribution in [3.05, 3.63) is 41.4 Å². The van der Waals surface area contributed by atoms with Crippen molar-refractivity contribution in [3.8, 4) is 5.75 Å². The van der Waals surface area contributed by atoms with Crippen molar-refractivity contribution < 1.29 is 14.3 Å². The average Bonchev–Trinajstić information content (AvgIpc) is 3.20. The van der Waals surface area contributed by atoms with Gasteiger partial charge in [0, 0.05) is 17.6 Å². The standard InChI is InChI=1S/C20H25N3O3S/c1-26-17-9-7-15(8-10-17)13-19(25)23(16-5-3-2-4-6-16)14-18(24)22-20-21-11-12-27-20/h7-12,16H,2-6,13-14H2,1H3,(H,21,22,24). The van der Waals surface area contributed by atoms with E-state index in [9.17, 15) is 9.59 Å². The molecule has 3 rings (SSSR count). The van der Waals surface area contributed by atoms with Gasteiger partial charge >= 0.3 is 0 Å². The fourth-order valence-electron chi connectivity index (χ4n) is 3.43. The maximum absolute atomic E-state index is 13.0. The van der Waals surface area contributed by atoms with Crippen LogP contribution in [-0.4, -0.2) is 41.4 Å². The summed E-state index contributed by atoms with van der Waals surface area (Å²) in [6.07, 6.45) is 7.25. The third-order valence-corrected chi connectivity index (χ3v) is 5.53. The van der Waals surface area contributed by atoms with Gasteiger partial charge in [-0.15, -0.1) is 11.3 Å². The number of aromatic nitrogens is 1. The first kappa shape index (κ1) is 19.4. The molecule has 1 N–H and O–H groups in total. The van der Waals surface area contributed by atoms with Crippen LogP contribution in [0.4, 0.5) is 5.13 Å². The summed E-state index contributed by atoms with van der Waals surface area (Å²) in [5.74, 6) is 0.554. The molecule has 2 aromatic rings. The number of hydrogen-bond donors (Lipinski definition) is 1. The van der Waals surface area contributed by atoms with E-state index >= 15 is 0 Å². The molecule has 0 atom stereocenters. The summed E-state index contributed by atoms with van der Waals surface area (Å²) in [4.78, 5) is 31.3. The third-order valence-electron chi connectivity index (χ3n) is 4.84. The van der Waals surface area contributed by atoms with E-state index < -0.39 is 0 Å². The highest BCUT2D eigenvalue weighted by Gasteiger charge is 2.27. The zero-order chi connectivity index (χ0) is 19.1. The summed E-state index contributed by atoms with van der Waals surface area (Å²) < 4.78 is 5.17. The Labute approximate surface area is 163 Å². The van der Waals surface area contributed by atoms with Crippen LogP contribution >= 0.6 is 11.3 Å². The number of benzene rings is 1. The minimum atomic E-state index is -0.196. The molecule has 1 aliphatic rings. The zero-order valence-electron chi connectivity index (χ0n) is 15.5. The summed E-state index contributed by atoms with van der Waals surface area (Å²) in [6, 6.07) is 7.62. The summed E-state index contributed by atoms with van der Waals surface area (Å²) >= 11 is 1.37. The molecule has 0 bridgehead atoms. The predicted molar refractivity (Wildman–Crippen MR) is 106 cm³/mol. The first-order valence-electron chi connectivity index (χ1n) is 9.27. The van der Waals surface area contributed by atoms with Crippen molar-refractivity contribution in [3.63, 3.8) is 0 Å². The number of methoxy groups -OCH3 is 1. The van der Waals surface area contributed by atoms with Gasteiger partial charge in [-0.1, -0.05) is 31.4 Å². The van der Waals surface area contributed by atoms with Gasteiger partial charge in [-0.05, 0) is 30.5 Å². The van der Waals surface area contributed by atoms with Crippen molar-refractivity contribution in [1.82, 2.24) is 9.88 Å². The molecule has 27 heavy (non-hydrogen) atoms. The number of nitrogens with zero attached hydrogens (tertiary/aromatic N) is 2. The van der Waals surface area contributed by atoms with Crippen LogP contribution in [0.3, 0.4) is 0 Å². The summed E-state index contributed by atoms with van der Waals surface area (Å²) in [5.41, 5.74) is 0.918. The molecule has 2 amide bonds. The number of carbonyl (C=O) groups excluding carboxylic acids is 2. The SMILES string of the molecule is COc1ccc(CC(=O)N(CC(=O)Nc2nccs2)C2CCCCC2)cc1. The van der Waals surface area contributed by atoms with Crippen molar-refractivity contribution in [2.24, 2.45) is 0 Å². The van der Waals surface area contributed by atoms with Crippen molar-refractivity contribution in [2.45, 2.75) is 44.6 Å². The van der Waals surface area contributed by atoms with E-state index in [4.69, 9.17) is 4.74 Å². The van der Waals surface area contributed by atoms with Gasteiger partial charge in [0.15, 0.2) is 5.13 Å². The van der Waals surface area contributed by atoms with E-state index in [2.05, 4.69) is 10.3 Å². The Morgan fingerprint density at radius 3 is 2.59 bits per heavy atom. The number of rotatable bonds is 7. The average molecular weight is 388 g/mol. The van der Waals surface area contributed by atoms with E-state index in [1.165, 1.54) is 17.8 Å². The predicted octanol–water partition coefficient (Wildman–Crippen LogP) is 3.49. The molecule has 1 aromatic carbocycles. The minimum Gasteiger partial charge on any atom is -0.497 e. The monoisotopic (exact) mass is 387 g/mol. The van der Waals surface area contributed by atoms with Crippen LogP contribution in [0.25, 0.3) is 0 Å². The van der Waals surface area contributed by atoms with Crippen LogP contribution in [0.1, 0.15) is 37.7 Å². The molecule has 0 aliphatic heterocycles. The maximum atomic E-state index is 13.0. The molecule has 1 saturated carbocycles. The van der Waals surface area contributed by atoms with Gasteiger partial charge in [0.25, 0.3) is 0 Å². The van der Waals surface area contributed by atoms with Crippen molar-refractivity contribution in [1.29, 1.82) is 0 Å². The second kappa shape index (κ2) is 9.50. The Kier molecular flexibility index (Phi) is 6.81. The lowest BCUT2D eigenvalue weighted by atomic mass is 9.93. The molecule has 144 valence electrons. The van der Waals surface area contributed by atoms with Crippen LogP contribution in [0.5, 0.6) is 5.75 Å². The van der Waals surface area contributed by atoms with Gasteiger partial charge in [-0.3, -0.25) is 9.59 Å². The van der Waals surface area contributed by atoms with Gasteiger partial charge in [-0.25, -0.2) is 4.98 Å². The fraction of sp³-hybridized carbons (Fsp3) is 0.450. The van der Waals surface area contributed by atoms with Crippen LogP contribution in [0, 0.1) is 0 Å². The zero-order valence-corrected chi connectivity index (χ0v) is 16.3. The number of thiazole rings is 1. The Morgan fingerprint density at radius 2 is 1.96 bits per heavy atom. The van der Waals surface area contributed by atoms with Gasteiger partial charge < -0.3 is 15.0 Å². The Morgan fingerprint density at radius 1 is 1.22 bits per heavy atom. The maximum Gasteiger partial charge on any atom is 0.245 e. The first-order valence-corrected chi connectivity index (χ1v) is 10.2. The largest absolute Gasteiger partial charge is 0.497 e. The highest BCUT2D eigenvalue weighted by atomic mass is 32.1. The molecule has 0 radical (unpaired) electrons. The lowest BCUT2D eigenvalue weighted by Gasteiger charge is -2.34. The molecule has 6 nitrogen and oxygen atoms in total. The van der Waals surface area contributed by atoms with E-state index in [0.29, 0.717) is 5.13 Å². The minimum absolute atomic E-state index is 0.0126. The van der Waals surface area contributed by atoms with E-state index in [0.717, 1.165) is 37.0 Å². The lowest BCUT2D eigenvalue weighted by molar-refractivity contribution is -0.137. The number of anilines is 1. The van der Waals surface area contributed by atoms with Gasteiger partial charge in [0.1, 0.15) is 12.3 Å². The molecule has 7 heteroatoms. The van der Waals surface area contributed by atoms with Crippen molar-refractivity contribution >= 4 is 28.3 Å². The van der Waals surface area contributed by atoms with E-state index in [1.54, 1.807) is 18.2 Å². The Bertz CT molecular complexity index is 740. The van der Waals surface area contributed by atoms with Gasteiger partial charge in [0.2, 0.25) is 11.8 Å². The summed E-state index contributed by atoms with van der Waals surface area (Å²) in [5, 5.41) is 5.15. The molecule has 1 heterocycles. The van der Waals surface area contributed by atoms with Crippen molar-refractivity contribution in [2.75, 3.05) is 19.0 Å². The normalized spacial score (nSPS) is 14.6. The number of carbonyl (C=O) groups is 2. The third kappa shape index (κ3) is 5.53. The second-order valence-corrected chi connectivity index (χ2v) is 7.62. The highest BCUT2D eigenvalue weighted by Crippen LogP contribution is 2.24. The molecule has 1 aromatic heterocycles. The molecular weight excluding hydrogens is 362 g/mol. The second-order valence-electron chi connectivity index (χ2n) is 6.72. The Balaban J connectivity index is 1.67. The number of ether oxygens (including phenoxy) is 1. The number of hydrogen-bond acceptors (Lipinski definition) is 5. The smallest absolute Gasteiger partial charge is 0.245 e. The highest BCUT2D eigenvalue weighted by molar-refractivity contribution is 7.13. The van der Waals surface area contributed by atoms with Crippen LogP contribution in [0.15, 0.2) is 35.8 Å². The first-order chi connectivity index (χ1) is 13.2. The molecule has 0 spiro atoms. The summed E-state index contributed by atoms with van der Waals surface area (Å²) in [7, 11) is 1.62. The van der Waals surface area contributed by atoms with Crippen LogP contribution in [0.2, 0.25) is 0 Å². The molecule has 0 unspecified atom stereocenters. The van der Waals surface area contributed by atoms with Crippen LogP contribution in [-0.2, 0) is 16.0 Å². The molecule has 0 saturated heterocycles. The fourth-order valence-corrected chi connectivity index (χ4v) is 3.98. The molecular formula is C20H25N3O3S. The molecule has 1 aliphatic carbocycles. The number of nitrogens with one attached hydrogen (secondary N) is 1. The van der Waals surface area contributed by atoms with Crippen LogP contribution < -0.4 is 10.1 Å². The quantitative estimate of drug-likeness (QED) is 0.789. The summed E-state index contributed by atoms with van der Waals surface area (Å²) in [6.45, 7) is 0.0687. The molecule has 1 fully saturated rings. The van der Waals surface area contributed by atoms with Gasteiger partial charge in [-0.2, -0.15) is 0 Å². The van der Waals surface area contributed by atoms with E-state index in [-0.39, 0.29) is 30.8 Å². The lowest BCUT2D eigenvalue weighted by Crippen LogP contribution is -2.46. The topological polar surface area (TPSA) is 71.5 Å². The number of amides is 2. The Hall–Kier alpha value is -2.41. The van der Waals surface area contributed by atoms with Gasteiger partial charge in [0.05, 0.1) is 13.5 Å².